The first-order valence-electron chi connectivity index (χ1n) is 16.7. The summed E-state index contributed by atoms with van der Waals surface area (Å²) < 4.78 is 5.96. The molecular formula is C38H43N3O6. The molecule has 0 spiro atoms. The summed E-state index contributed by atoms with van der Waals surface area (Å²) in [6.45, 7) is 7.42. The maximum atomic E-state index is 14.3. The van der Waals surface area contributed by atoms with Crippen molar-refractivity contribution in [3.8, 4) is 11.1 Å². The minimum absolute atomic E-state index is 0.0677. The van der Waals surface area contributed by atoms with E-state index in [2.05, 4.69) is 38.1 Å². The predicted octanol–water partition coefficient (Wildman–Crippen LogP) is 6.16. The topological polar surface area (TPSA) is 107 Å². The van der Waals surface area contributed by atoms with E-state index >= 15 is 0 Å². The van der Waals surface area contributed by atoms with Gasteiger partial charge in [0.1, 0.15) is 18.7 Å². The zero-order valence-corrected chi connectivity index (χ0v) is 27.3. The summed E-state index contributed by atoms with van der Waals surface area (Å²) in [4.78, 5) is 57.7. The van der Waals surface area contributed by atoms with Gasteiger partial charge in [-0.05, 0) is 78.5 Å². The molecule has 2 saturated heterocycles. The molecule has 47 heavy (non-hydrogen) atoms. The van der Waals surface area contributed by atoms with Crippen LogP contribution >= 0.6 is 0 Å². The highest BCUT2D eigenvalue weighted by molar-refractivity contribution is 5.97. The molecule has 9 nitrogen and oxygen atoms in total. The summed E-state index contributed by atoms with van der Waals surface area (Å²) in [6, 6.07) is 21.9. The summed E-state index contributed by atoms with van der Waals surface area (Å²) in [5, 5.41) is 9.58. The van der Waals surface area contributed by atoms with E-state index in [1.54, 1.807) is 23.1 Å². The van der Waals surface area contributed by atoms with Gasteiger partial charge in [-0.25, -0.2) is 9.59 Å². The zero-order valence-electron chi connectivity index (χ0n) is 27.3. The first kappa shape index (κ1) is 32.3. The second-order valence-corrected chi connectivity index (χ2v) is 13.3. The number of rotatable bonds is 9. The highest BCUT2D eigenvalue weighted by Gasteiger charge is 2.40. The largest absolute Gasteiger partial charge is 0.480 e. The molecule has 246 valence electrons. The van der Waals surface area contributed by atoms with Gasteiger partial charge in [-0.2, -0.15) is 0 Å². The van der Waals surface area contributed by atoms with Crippen molar-refractivity contribution >= 4 is 23.9 Å². The lowest BCUT2D eigenvalue weighted by atomic mass is 9.98. The lowest BCUT2D eigenvalue weighted by Gasteiger charge is -2.36. The van der Waals surface area contributed by atoms with Crippen LogP contribution in [0.15, 0.2) is 72.8 Å². The van der Waals surface area contributed by atoms with Gasteiger partial charge >= 0.3 is 12.1 Å². The van der Waals surface area contributed by atoms with E-state index in [4.69, 9.17) is 4.74 Å². The molecule has 1 N–H and O–H groups in total. The van der Waals surface area contributed by atoms with Crippen molar-refractivity contribution in [2.45, 2.75) is 77.0 Å². The summed E-state index contributed by atoms with van der Waals surface area (Å²) in [5.41, 5.74) is 5.76. The number of hydrogen-bond donors (Lipinski definition) is 1. The van der Waals surface area contributed by atoms with Crippen LogP contribution in [0.2, 0.25) is 0 Å². The van der Waals surface area contributed by atoms with E-state index in [0.29, 0.717) is 44.3 Å². The van der Waals surface area contributed by atoms with Gasteiger partial charge in [0.15, 0.2) is 0 Å². The van der Waals surface area contributed by atoms with Gasteiger partial charge in [0.2, 0.25) is 5.91 Å². The molecule has 3 amide bonds. The number of benzene rings is 3. The highest BCUT2D eigenvalue weighted by atomic mass is 16.6. The first-order valence-corrected chi connectivity index (χ1v) is 16.7. The molecule has 3 aromatic rings. The quantitative estimate of drug-likeness (QED) is 0.301. The number of carboxylic acid groups (broad SMARTS) is 1. The van der Waals surface area contributed by atoms with Gasteiger partial charge in [0, 0.05) is 37.2 Å². The van der Waals surface area contributed by atoms with Crippen LogP contribution in [0.1, 0.15) is 79.4 Å². The summed E-state index contributed by atoms with van der Waals surface area (Å²) in [6.07, 6.45) is 1.86. The van der Waals surface area contributed by atoms with Crippen LogP contribution in [0.5, 0.6) is 0 Å². The Bertz CT molecular complexity index is 1620. The average molecular weight is 638 g/mol. The highest BCUT2D eigenvalue weighted by Crippen LogP contribution is 2.44. The number of amides is 3. The maximum Gasteiger partial charge on any atom is 0.410 e. The van der Waals surface area contributed by atoms with Crippen LogP contribution in [0.3, 0.4) is 0 Å². The minimum Gasteiger partial charge on any atom is -0.480 e. The third-order valence-corrected chi connectivity index (χ3v) is 10.2. The van der Waals surface area contributed by atoms with Crippen molar-refractivity contribution in [2.24, 2.45) is 5.92 Å². The Kier molecular flexibility index (Phi) is 9.34. The van der Waals surface area contributed by atoms with E-state index in [9.17, 15) is 24.3 Å². The number of fused-ring (bicyclic) bond motifs is 3. The van der Waals surface area contributed by atoms with Crippen LogP contribution in [-0.4, -0.2) is 81.5 Å². The predicted molar refractivity (Wildman–Crippen MR) is 178 cm³/mol. The molecular weight excluding hydrogens is 594 g/mol. The van der Waals surface area contributed by atoms with Crippen LogP contribution in [0.25, 0.3) is 11.1 Å². The molecule has 6 rings (SSSR count). The normalized spacial score (nSPS) is 19.4. The van der Waals surface area contributed by atoms with Crippen molar-refractivity contribution in [3.05, 3.63) is 95.1 Å². The van der Waals surface area contributed by atoms with Crippen molar-refractivity contribution in [3.63, 3.8) is 0 Å². The average Bonchev–Trinajstić information content (AvgIpc) is 3.84. The molecule has 0 bridgehead atoms. The number of carbonyl (C=O) groups is 4. The molecule has 0 saturated carbocycles. The smallest absolute Gasteiger partial charge is 0.410 e. The zero-order chi connectivity index (χ0) is 33.2. The Morgan fingerprint density at radius 2 is 1.45 bits per heavy atom. The van der Waals surface area contributed by atoms with Gasteiger partial charge in [0.05, 0.1) is 0 Å². The SMILES string of the molecule is CC(C)C(C)N(Cc1cccc(C(=O)N2CCC[C@@H]2C(=O)O)c1)C(=O)[C@H]1CCCN1C(=O)OCC1c2ccccc2-c2ccccc21. The molecule has 2 aliphatic heterocycles. The third-order valence-electron chi connectivity index (χ3n) is 10.2. The van der Waals surface area contributed by atoms with E-state index in [1.807, 2.05) is 42.2 Å². The van der Waals surface area contributed by atoms with Gasteiger partial charge in [0.25, 0.3) is 5.91 Å². The number of nitrogens with zero attached hydrogens (tertiary/aromatic N) is 3. The van der Waals surface area contributed by atoms with Gasteiger partial charge in [-0.3, -0.25) is 14.5 Å². The van der Waals surface area contributed by atoms with Crippen LogP contribution < -0.4 is 0 Å². The van der Waals surface area contributed by atoms with Gasteiger partial charge < -0.3 is 19.6 Å². The second-order valence-electron chi connectivity index (χ2n) is 13.3. The van der Waals surface area contributed by atoms with E-state index < -0.39 is 24.1 Å². The Morgan fingerprint density at radius 1 is 0.830 bits per heavy atom. The molecule has 0 radical (unpaired) electrons. The maximum absolute atomic E-state index is 14.3. The number of aliphatic carboxylic acids is 1. The van der Waals surface area contributed by atoms with Crippen molar-refractivity contribution in [1.29, 1.82) is 0 Å². The Hall–Kier alpha value is -4.66. The third kappa shape index (κ3) is 6.35. The summed E-state index contributed by atoms with van der Waals surface area (Å²) >= 11 is 0. The fraction of sp³-hybridized carbons (Fsp3) is 0.421. The molecule has 2 fully saturated rings. The molecule has 3 atom stereocenters. The molecule has 9 heteroatoms. The molecule has 1 aliphatic carbocycles. The molecule has 0 aromatic heterocycles. The summed E-state index contributed by atoms with van der Waals surface area (Å²) in [7, 11) is 0. The minimum atomic E-state index is -0.993. The van der Waals surface area contributed by atoms with Crippen LogP contribution in [0, 0.1) is 5.92 Å². The van der Waals surface area contributed by atoms with Crippen molar-refractivity contribution < 1.29 is 29.0 Å². The lowest BCUT2D eigenvalue weighted by molar-refractivity contribution is -0.141. The van der Waals surface area contributed by atoms with Gasteiger partial charge in [-0.1, -0.05) is 74.5 Å². The summed E-state index contributed by atoms with van der Waals surface area (Å²) in [5.74, 6) is -1.37. The number of likely N-dealkylation sites (tertiary alicyclic amines) is 2. The first-order chi connectivity index (χ1) is 22.7. The van der Waals surface area contributed by atoms with Crippen molar-refractivity contribution in [1.82, 2.24) is 14.7 Å². The van der Waals surface area contributed by atoms with Gasteiger partial charge in [-0.15, -0.1) is 0 Å². The standard InChI is InChI=1S/C38H43N3O6/c1-24(2)25(3)41(22-26-11-8-12-27(21-26)35(42)39-19-10-18-34(39)37(44)45)36(43)33-17-9-20-40(33)38(46)47-23-32-30-15-6-4-13-28(30)29-14-5-7-16-31(29)32/h4-8,11-16,21,24-25,32-34H,9-10,17-20,22-23H2,1-3H3,(H,44,45)/t25?,33-,34-/m1/s1. The Balaban J connectivity index is 1.17. The number of hydrogen-bond acceptors (Lipinski definition) is 5. The molecule has 3 aromatic carbocycles. The van der Waals surface area contributed by atoms with Crippen molar-refractivity contribution in [2.75, 3.05) is 19.7 Å². The van der Waals surface area contributed by atoms with E-state index in [0.717, 1.165) is 27.8 Å². The monoisotopic (exact) mass is 637 g/mol. The van der Waals surface area contributed by atoms with Crippen LogP contribution in [-0.2, 0) is 20.9 Å². The molecule has 3 aliphatic rings. The lowest BCUT2D eigenvalue weighted by Crippen LogP contribution is -2.51. The Labute approximate surface area is 276 Å². The second kappa shape index (κ2) is 13.6. The molecule has 1 unspecified atom stereocenters. The van der Waals surface area contributed by atoms with E-state index in [-0.39, 0.29) is 42.8 Å². The fourth-order valence-corrected chi connectivity index (χ4v) is 7.32. The van der Waals surface area contributed by atoms with E-state index in [1.165, 1.54) is 4.90 Å². The Morgan fingerprint density at radius 3 is 2.09 bits per heavy atom. The van der Waals surface area contributed by atoms with Crippen LogP contribution in [0.4, 0.5) is 4.79 Å². The fourth-order valence-electron chi connectivity index (χ4n) is 7.32. The number of ether oxygens (including phenoxy) is 1. The molecule has 2 heterocycles. The number of carboxylic acids is 1. The number of carbonyl (C=O) groups excluding carboxylic acids is 3.